The molecule has 0 aromatic rings. The van der Waals surface area contributed by atoms with Gasteiger partial charge in [-0.1, -0.05) is 307 Å². The number of carbonyl (C=O) groups excluding carboxylic acids is 4. The third-order valence-corrected chi connectivity index (χ3v) is 18.9. The minimum atomic E-state index is -4.97. The maximum atomic E-state index is 13.1. The molecule has 0 radical (unpaired) electrons. The number of phosphoric ester groups is 2. The van der Waals surface area contributed by atoms with Gasteiger partial charge in [0.1, 0.15) is 19.3 Å². The normalized spacial score (nSPS) is 14.2. The van der Waals surface area contributed by atoms with Gasteiger partial charge in [0.05, 0.1) is 26.4 Å². The molecule has 3 N–H and O–H groups in total. The predicted octanol–water partition coefficient (Wildman–Crippen LogP) is 22.7. The summed E-state index contributed by atoms with van der Waals surface area (Å²) in [5.41, 5.74) is 0. The number of rotatable bonds is 75. The summed E-state index contributed by atoms with van der Waals surface area (Å²) in [6, 6.07) is 0. The number of hydrogen-bond acceptors (Lipinski definition) is 15. The zero-order valence-electron chi connectivity index (χ0n) is 62.5. The number of ether oxygens (including phenoxy) is 4. The lowest BCUT2D eigenvalue weighted by Gasteiger charge is -2.21. The van der Waals surface area contributed by atoms with Crippen molar-refractivity contribution in [3.8, 4) is 0 Å². The first kappa shape index (κ1) is 94.8. The highest BCUT2D eigenvalue weighted by Crippen LogP contribution is 2.45. The van der Waals surface area contributed by atoms with E-state index in [1.807, 2.05) is 0 Å². The Labute approximate surface area is 597 Å². The highest BCUT2D eigenvalue weighted by molar-refractivity contribution is 7.47. The van der Waals surface area contributed by atoms with E-state index >= 15 is 0 Å². The Kier molecular flexibility index (Phi) is 69.7. The first-order valence-electron chi connectivity index (χ1n) is 39.5. The molecule has 5 unspecified atom stereocenters. The first-order chi connectivity index (χ1) is 47.7. The molecule has 0 saturated carbocycles. The third kappa shape index (κ3) is 71.2. The molecule has 17 nitrogen and oxygen atoms in total. The molecule has 5 atom stereocenters. The lowest BCUT2D eigenvalue weighted by Crippen LogP contribution is -2.30. The summed E-state index contributed by atoms with van der Waals surface area (Å²) in [5.74, 6) is -2.18. The summed E-state index contributed by atoms with van der Waals surface area (Å²) < 4.78 is 68.5. The molecule has 0 aromatic carbocycles. The Morgan fingerprint density at radius 3 is 0.827 bits per heavy atom. The van der Waals surface area contributed by atoms with Crippen molar-refractivity contribution in [2.75, 3.05) is 39.6 Å². The van der Waals surface area contributed by atoms with Crippen molar-refractivity contribution in [3.05, 3.63) is 60.8 Å². The van der Waals surface area contributed by atoms with Crippen LogP contribution in [0.15, 0.2) is 60.8 Å². The molecule has 0 rings (SSSR count). The van der Waals surface area contributed by atoms with Gasteiger partial charge in [-0.15, -0.1) is 0 Å². The number of carbonyl (C=O) groups is 4. The summed E-state index contributed by atoms with van der Waals surface area (Å²) in [7, 11) is -9.94. The second kappa shape index (κ2) is 72.1. The van der Waals surface area contributed by atoms with Crippen LogP contribution >= 0.6 is 15.6 Å². The van der Waals surface area contributed by atoms with Gasteiger partial charge in [0, 0.05) is 25.7 Å². The maximum absolute atomic E-state index is 13.1. The van der Waals surface area contributed by atoms with Crippen LogP contribution in [-0.2, 0) is 65.4 Å². The van der Waals surface area contributed by atoms with Gasteiger partial charge < -0.3 is 33.8 Å². The van der Waals surface area contributed by atoms with Crippen molar-refractivity contribution in [1.29, 1.82) is 0 Å². The molecule has 0 amide bonds. The van der Waals surface area contributed by atoms with E-state index in [1.165, 1.54) is 148 Å². The number of unbranched alkanes of at least 4 members (excludes halogenated alkanes) is 39. The molecule has 0 fully saturated rings. The van der Waals surface area contributed by atoms with Gasteiger partial charge in [-0.3, -0.25) is 37.3 Å². The van der Waals surface area contributed by atoms with Gasteiger partial charge in [-0.05, 0) is 89.9 Å². The molecule has 0 aliphatic heterocycles. The van der Waals surface area contributed by atoms with Crippen molar-refractivity contribution >= 4 is 39.5 Å². The molecule has 0 heterocycles. The second-order valence-corrected chi connectivity index (χ2v) is 29.5. The highest BCUT2D eigenvalue weighted by Gasteiger charge is 2.30. The number of aliphatic hydroxyl groups excluding tert-OH is 1. The van der Waals surface area contributed by atoms with Crippen molar-refractivity contribution in [1.82, 2.24) is 0 Å². The van der Waals surface area contributed by atoms with Gasteiger partial charge >= 0.3 is 39.5 Å². The summed E-state index contributed by atoms with van der Waals surface area (Å²) in [4.78, 5) is 72.9. The SMILES string of the molecule is CC/C=C\C/C=C\C/C=C\C/C=C\CCCCCCC(=O)OCC(COP(=O)(O)OCC(O)COP(=O)(O)OCC(COC(=O)CCCCCCCCCCCCCCCCC)OC(=O)CCCCCCCCCCCCC)OC(=O)CCCCCCC/C=C\CCCCCCCC. The minimum absolute atomic E-state index is 0.0831. The van der Waals surface area contributed by atoms with E-state index in [4.69, 9.17) is 37.0 Å². The third-order valence-electron chi connectivity index (χ3n) is 17.0. The average molecular weight is 1430 g/mol. The van der Waals surface area contributed by atoms with E-state index in [1.54, 1.807) is 0 Å². The van der Waals surface area contributed by atoms with Gasteiger partial charge in [0.2, 0.25) is 0 Å². The maximum Gasteiger partial charge on any atom is 0.472 e. The minimum Gasteiger partial charge on any atom is -0.462 e. The van der Waals surface area contributed by atoms with Gasteiger partial charge in [-0.2, -0.15) is 0 Å². The van der Waals surface area contributed by atoms with Crippen LogP contribution in [0.5, 0.6) is 0 Å². The number of hydrogen-bond donors (Lipinski definition) is 3. The molecule has 0 spiro atoms. The van der Waals surface area contributed by atoms with E-state index in [-0.39, 0.29) is 25.7 Å². The Bertz CT molecular complexity index is 2100. The van der Waals surface area contributed by atoms with Gasteiger partial charge in [-0.25, -0.2) is 9.13 Å². The van der Waals surface area contributed by atoms with Crippen LogP contribution in [0.2, 0.25) is 0 Å². The molecule has 0 bridgehead atoms. The van der Waals surface area contributed by atoms with E-state index in [2.05, 4.69) is 88.5 Å². The van der Waals surface area contributed by atoms with Crippen LogP contribution in [0.1, 0.15) is 362 Å². The monoisotopic (exact) mass is 1430 g/mol. The molecule has 572 valence electrons. The standard InChI is InChI=1S/C79H144O17P2/c1-5-9-13-17-21-25-29-32-35-36-39-41-45-48-52-56-60-64-77(82)90-70-75(96-79(84)66-62-58-54-50-46-42-38-34-31-27-23-19-15-11-7-3)72-94-98(87,88)92-68-73(80)67-91-97(85,86)93-71-74(95-78(83)65-61-57-53-49-43-28-24-20-16-12-8-4)69-89-76(81)63-59-55-51-47-44-40-37-33-30-26-22-18-14-10-6-2/h9,13,21,25,32,34-35,38-39,41,73-75,80H,5-8,10-12,14-20,22-24,26-31,33,36-37,40,42-72H2,1-4H3,(H,85,86)(H,87,88)/b13-9-,25-21-,35-32-,38-34-,41-39-. The molecular weight excluding hydrogens is 1280 g/mol. The number of allylic oxidation sites excluding steroid dienone is 10. The van der Waals surface area contributed by atoms with Crippen LogP contribution in [0.3, 0.4) is 0 Å². The second-order valence-electron chi connectivity index (χ2n) is 26.6. The van der Waals surface area contributed by atoms with Crippen LogP contribution in [0, 0.1) is 0 Å². The quantitative estimate of drug-likeness (QED) is 0.0169. The number of esters is 4. The van der Waals surface area contributed by atoms with Crippen LogP contribution < -0.4 is 0 Å². The number of phosphoric acid groups is 2. The summed E-state index contributed by atoms with van der Waals surface area (Å²) in [6.07, 6.45) is 70.6. The van der Waals surface area contributed by atoms with Crippen LogP contribution in [-0.4, -0.2) is 96.7 Å². The van der Waals surface area contributed by atoms with E-state index < -0.39 is 97.5 Å². The van der Waals surface area contributed by atoms with E-state index in [0.717, 1.165) is 135 Å². The van der Waals surface area contributed by atoms with E-state index in [9.17, 15) is 43.2 Å². The van der Waals surface area contributed by atoms with Crippen molar-refractivity contribution in [2.45, 2.75) is 380 Å². The zero-order valence-corrected chi connectivity index (χ0v) is 64.3. The highest BCUT2D eigenvalue weighted by atomic mass is 31.2. The lowest BCUT2D eigenvalue weighted by molar-refractivity contribution is -0.161. The smallest absolute Gasteiger partial charge is 0.462 e. The van der Waals surface area contributed by atoms with Crippen molar-refractivity contribution < 1.29 is 80.2 Å². The molecule has 98 heavy (non-hydrogen) atoms. The van der Waals surface area contributed by atoms with Crippen molar-refractivity contribution in [3.63, 3.8) is 0 Å². The van der Waals surface area contributed by atoms with Crippen LogP contribution in [0.25, 0.3) is 0 Å². The summed E-state index contributed by atoms with van der Waals surface area (Å²) >= 11 is 0. The zero-order chi connectivity index (χ0) is 71.8. The summed E-state index contributed by atoms with van der Waals surface area (Å²) in [5, 5.41) is 10.6. The largest absolute Gasteiger partial charge is 0.472 e. The first-order valence-corrected chi connectivity index (χ1v) is 42.5. The van der Waals surface area contributed by atoms with Crippen molar-refractivity contribution in [2.24, 2.45) is 0 Å². The molecule has 0 aliphatic carbocycles. The molecule has 0 aromatic heterocycles. The molecular formula is C79H144O17P2. The fourth-order valence-electron chi connectivity index (χ4n) is 11.0. The average Bonchev–Trinajstić information content (AvgIpc) is 0.986. The summed E-state index contributed by atoms with van der Waals surface area (Å²) in [6.45, 7) is 4.78. The Balaban J connectivity index is 5.31. The Morgan fingerprint density at radius 2 is 0.531 bits per heavy atom. The molecule has 0 aliphatic rings. The Morgan fingerprint density at radius 1 is 0.296 bits per heavy atom. The topological polar surface area (TPSA) is 237 Å². The Hall–Kier alpha value is -3.24. The fraction of sp³-hybridized carbons (Fsp3) is 0.823. The molecule has 0 saturated heterocycles. The number of aliphatic hydroxyl groups is 1. The van der Waals surface area contributed by atoms with Gasteiger partial charge in [0.15, 0.2) is 12.2 Å². The molecule has 19 heteroatoms. The van der Waals surface area contributed by atoms with E-state index in [0.29, 0.717) is 25.7 Å². The fourth-order valence-corrected chi connectivity index (χ4v) is 12.6. The lowest BCUT2D eigenvalue weighted by atomic mass is 10.0. The van der Waals surface area contributed by atoms with Crippen LogP contribution in [0.4, 0.5) is 0 Å². The van der Waals surface area contributed by atoms with Gasteiger partial charge in [0.25, 0.3) is 0 Å². The predicted molar refractivity (Wildman–Crippen MR) is 400 cm³/mol.